The van der Waals surface area contributed by atoms with E-state index < -0.39 is 0 Å². The van der Waals surface area contributed by atoms with E-state index >= 15 is 0 Å². The molecule has 1 rings (SSSR count). The molecule has 0 saturated carbocycles. The lowest BCUT2D eigenvalue weighted by Gasteiger charge is -2.21. The molecule has 0 aliphatic carbocycles. The van der Waals surface area contributed by atoms with E-state index in [-0.39, 0.29) is 5.82 Å². The molecule has 0 aliphatic rings. The summed E-state index contributed by atoms with van der Waals surface area (Å²) >= 11 is 0. The lowest BCUT2D eigenvalue weighted by Crippen LogP contribution is -2.33. The van der Waals surface area contributed by atoms with Crippen LogP contribution in [-0.2, 0) is 6.54 Å². The van der Waals surface area contributed by atoms with E-state index in [4.69, 9.17) is 5.26 Å². The van der Waals surface area contributed by atoms with Crippen LogP contribution in [0.2, 0.25) is 0 Å². The van der Waals surface area contributed by atoms with Gasteiger partial charge in [-0.1, -0.05) is 0 Å². The minimum atomic E-state index is -0.301. The standard InChI is InChI=1S/C14H20FN3/c1-11(2)18(3)7-6-17-10-13-8-14(15)5-4-12(13)9-16/h4-5,8,11,17H,6-7,10H2,1-3H3. The van der Waals surface area contributed by atoms with Gasteiger partial charge in [0.15, 0.2) is 0 Å². The highest BCUT2D eigenvalue weighted by atomic mass is 19.1. The lowest BCUT2D eigenvalue weighted by molar-refractivity contribution is 0.273. The first-order chi connectivity index (χ1) is 8.54. The third-order valence-electron chi connectivity index (χ3n) is 3.03. The second-order valence-electron chi connectivity index (χ2n) is 4.66. The summed E-state index contributed by atoms with van der Waals surface area (Å²) in [5.41, 5.74) is 1.24. The summed E-state index contributed by atoms with van der Waals surface area (Å²) < 4.78 is 13.1. The third-order valence-corrected chi connectivity index (χ3v) is 3.03. The monoisotopic (exact) mass is 249 g/mol. The van der Waals surface area contributed by atoms with Gasteiger partial charge in [0.2, 0.25) is 0 Å². The molecule has 98 valence electrons. The van der Waals surface area contributed by atoms with Crippen molar-refractivity contribution in [3.8, 4) is 6.07 Å². The Labute approximate surface area is 108 Å². The van der Waals surface area contributed by atoms with Crippen LogP contribution in [0.3, 0.4) is 0 Å². The number of hydrogen-bond donors (Lipinski definition) is 1. The molecule has 0 bridgehead atoms. The van der Waals surface area contributed by atoms with Crippen LogP contribution in [0.4, 0.5) is 4.39 Å². The number of nitrogens with one attached hydrogen (secondary N) is 1. The van der Waals surface area contributed by atoms with E-state index in [1.807, 2.05) is 0 Å². The molecule has 0 aromatic heterocycles. The molecule has 0 amide bonds. The van der Waals surface area contributed by atoms with Gasteiger partial charge in [0, 0.05) is 25.7 Å². The van der Waals surface area contributed by atoms with Gasteiger partial charge in [-0.2, -0.15) is 5.26 Å². The zero-order chi connectivity index (χ0) is 13.5. The summed E-state index contributed by atoms with van der Waals surface area (Å²) in [5, 5.41) is 12.1. The van der Waals surface area contributed by atoms with Crippen LogP contribution in [0.15, 0.2) is 18.2 Å². The van der Waals surface area contributed by atoms with Crippen LogP contribution in [0.5, 0.6) is 0 Å². The minimum Gasteiger partial charge on any atom is -0.311 e. The van der Waals surface area contributed by atoms with E-state index in [9.17, 15) is 4.39 Å². The Balaban J connectivity index is 2.44. The molecule has 0 spiro atoms. The van der Waals surface area contributed by atoms with Crippen molar-refractivity contribution < 1.29 is 4.39 Å². The van der Waals surface area contributed by atoms with E-state index in [0.717, 1.165) is 13.1 Å². The van der Waals surface area contributed by atoms with E-state index in [1.165, 1.54) is 18.2 Å². The van der Waals surface area contributed by atoms with E-state index in [0.29, 0.717) is 23.7 Å². The van der Waals surface area contributed by atoms with Gasteiger partial charge < -0.3 is 10.2 Å². The quantitative estimate of drug-likeness (QED) is 0.785. The SMILES string of the molecule is CC(C)N(C)CCNCc1cc(F)ccc1C#N. The number of rotatable bonds is 6. The molecule has 0 unspecified atom stereocenters. The molecule has 18 heavy (non-hydrogen) atoms. The molecule has 0 aliphatic heterocycles. The Morgan fingerprint density at radius 2 is 2.17 bits per heavy atom. The van der Waals surface area contributed by atoms with Crippen molar-refractivity contribution in [2.75, 3.05) is 20.1 Å². The fraction of sp³-hybridized carbons (Fsp3) is 0.500. The fourth-order valence-electron chi connectivity index (χ4n) is 1.55. The molecule has 0 heterocycles. The first kappa shape index (κ1) is 14.6. The Hall–Kier alpha value is -1.44. The normalized spacial score (nSPS) is 10.9. The average molecular weight is 249 g/mol. The molecule has 4 heteroatoms. The number of halogens is 1. The molecule has 0 atom stereocenters. The van der Waals surface area contributed by atoms with E-state index in [1.54, 1.807) is 0 Å². The molecule has 1 aromatic carbocycles. The number of hydrogen-bond acceptors (Lipinski definition) is 3. The van der Waals surface area contributed by atoms with Crippen LogP contribution in [0, 0.1) is 17.1 Å². The summed E-state index contributed by atoms with van der Waals surface area (Å²) in [6.07, 6.45) is 0. The van der Waals surface area contributed by atoms with Crippen molar-refractivity contribution in [3.05, 3.63) is 35.1 Å². The highest BCUT2D eigenvalue weighted by Gasteiger charge is 2.05. The Kier molecular flexibility index (Phi) is 5.76. The molecule has 0 saturated heterocycles. The maximum Gasteiger partial charge on any atom is 0.123 e. The van der Waals surface area contributed by atoms with Gasteiger partial charge in [-0.15, -0.1) is 0 Å². The van der Waals surface area contributed by atoms with Gasteiger partial charge in [-0.3, -0.25) is 0 Å². The van der Waals surface area contributed by atoms with Gasteiger partial charge in [-0.25, -0.2) is 4.39 Å². The van der Waals surface area contributed by atoms with Gasteiger partial charge >= 0.3 is 0 Å². The molecule has 1 aromatic rings. The second-order valence-corrected chi connectivity index (χ2v) is 4.66. The summed E-state index contributed by atoms with van der Waals surface area (Å²) in [6, 6.07) is 6.83. The first-order valence-corrected chi connectivity index (χ1v) is 6.14. The zero-order valence-electron chi connectivity index (χ0n) is 11.2. The molecular weight excluding hydrogens is 229 g/mol. The number of benzene rings is 1. The number of nitriles is 1. The third kappa shape index (κ3) is 4.44. The smallest absolute Gasteiger partial charge is 0.123 e. The summed E-state index contributed by atoms with van der Waals surface area (Å²) in [6.45, 7) is 6.54. The Morgan fingerprint density at radius 3 is 2.78 bits per heavy atom. The largest absolute Gasteiger partial charge is 0.311 e. The molecule has 1 N–H and O–H groups in total. The van der Waals surface area contributed by atoms with Crippen molar-refractivity contribution in [2.24, 2.45) is 0 Å². The van der Waals surface area contributed by atoms with Crippen molar-refractivity contribution in [1.82, 2.24) is 10.2 Å². The Bertz CT molecular complexity index is 424. The molecular formula is C14H20FN3. The second kappa shape index (κ2) is 7.10. The highest BCUT2D eigenvalue weighted by Crippen LogP contribution is 2.09. The number of nitrogens with zero attached hydrogens (tertiary/aromatic N) is 2. The van der Waals surface area contributed by atoms with Gasteiger partial charge in [0.05, 0.1) is 11.6 Å². The van der Waals surface area contributed by atoms with E-state index in [2.05, 4.69) is 37.2 Å². The predicted octanol–water partition coefficient (Wildman–Crippen LogP) is 2.13. The maximum absolute atomic E-state index is 13.1. The van der Waals surface area contributed by atoms with Gasteiger partial charge in [-0.05, 0) is 44.7 Å². The van der Waals surface area contributed by atoms with Crippen LogP contribution >= 0.6 is 0 Å². The summed E-state index contributed by atoms with van der Waals surface area (Å²) in [5.74, 6) is -0.301. The zero-order valence-corrected chi connectivity index (χ0v) is 11.2. The summed E-state index contributed by atoms with van der Waals surface area (Å²) in [7, 11) is 2.06. The summed E-state index contributed by atoms with van der Waals surface area (Å²) in [4.78, 5) is 2.23. The van der Waals surface area contributed by atoms with Crippen molar-refractivity contribution >= 4 is 0 Å². The van der Waals surface area contributed by atoms with Crippen LogP contribution in [0.1, 0.15) is 25.0 Å². The molecule has 0 fully saturated rings. The van der Waals surface area contributed by atoms with Crippen molar-refractivity contribution in [2.45, 2.75) is 26.4 Å². The van der Waals surface area contributed by atoms with Crippen LogP contribution in [-0.4, -0.2) is 31.1 Å². The molecule has 0 radical (unpaired) electrons. The van der Waals surface area contributed by atoms with Gasteiger partial charge in [0.1, 0.15) is 5.82 Å². The fourth-order valence-corrected chi connectivity index (χ4v) is 1.55. The molecule has 3 nitrogen and oxygen atoms in total. The minimum absolute atomic E-state index is 0.301. The van der Waals surface area contributed by atoms with Crippen molar-refractivity contribution in [1.29, 1.82) is 5.26 Å². The average Bonchev–Trinajstić information content (AvgIpc) is 2.34. The predicted molar refractivity (Wildman–Crippen MR) is 70.6 cm³/mol. The van der Waals surface area contributed by atoms with Crippen LogP contribution < -0.4 is 5.32 Å². The van der Waals surface area contributed by atoms with Gasteiger partial charge in [0.25, 0.3) is 0 Å². The first-order valence-electron chi connectivity index (χ1n) is 6.14. The number of likely N-dealkylation sites (N-methyl/N-ethyl adjacent to an activating group) is 1. The van der Waals surface area contributed by atoms with Crippen LogP contribution in [0.25, 0.3) is 0 Å². The topological polar surface area (TPSA) is 39.1 Å². The lowest BCUT2D eigenvalue weighted by atomic mass is 10.1. The van der Waals surface area contributed by atoms with Crippen molar-refractivity contribution in [3.63, 3.8) is 0 Å². The highest BCUT2D eigenvalue weighted by molar-refractivity contribution is 5.37. The Morgan fingerprint density at radius 1 is 1.44 bits per heavy atom. The maximum atomic E-state index is 13.1.